The van der Waals surface area contributed by atoms with Gasteiger partial charge in [0.2, 0.25) is 0 Å². The number of rotatable bonds is 4. The largest absolute Gasteiger partial charge is 0.363 e. The molecule has 5 nitrogen and oxygen atoms in total. The van der Waals surface area contributed by atoms with Crippen molar-refractivity contribution < 1.29 is 0 Å². The lowest BCUT2D eigenvalue weighted by Crippen LogP contribution is -2.05. The number of anilines is 1. The zero-order chi connectivity index (χ0) is 16.4. The first-order valence-corrected chi connectivity index (χ1v) is 7.84. The van der Waals surface area contributed by atoms with Crippen LogP contribution in [0.5, 0.6) is 0 Å². The number of nitrogens with one attached hydrogen (secondary N) is 1. The fraction of sp³-hybridized carbons (Fsp3) is 0.105. The van der Waals surface area contributed by atoms with Crippen LogP contribution in [0, 0.1) is 6.92 Å². The predicted octanol–water partition coefficient (Wildman–Crippen LogP) is 3.71. The zero-order valence-electron chi connectivity index (χ0n) is 13.3. The van der Waals surface area contributed by atoms with Gasteiger partial charge in [-0.1, -0.05) is 36.4 Å². The molecule has 4 aromatic rings. The van der Waals surface area contributed by atoms with Crippen molar-refractivity contribution in [1.82, 2.24) is 19.4 Å². The van der Waals surface area contributed by atoms with Crippen LogP contribution in [-0.4, -0.2) is 19.4 Å². The van der Waals surface area contributed by atoms with Crippen molar-refractivity contribution in [3.8, 4) is 11.3 Å². The number of hydrogen-bond donors (Lipinski definition) is 1. The highest BCUT2D eigenvalue weighted by Gasteiger charge is 2.10. The third-order valence-electron chi connectivity index (χ3n) is 3.93. The molecule has 0 unspecified atom stereocenters. The summed E-state index contributed by atoms with van der Waals surface area (Å²) in [4.78, 5) is 13.4. The Balaban J connectivity index is 1.76. The normalized spacial score (nSPS) is 10.9. The van der Waals surface area contributed by atoms with E-state index in [2.05, 4.69) is 31.8 Å². The Hall–Kier alpha value is -3.21. The van der Waals surface area contributed by atoms with Gasteiger partial charge in [-0.05, 0) is 18.6 Å². The van der Waals surface area contributed by atoms with Crippen molar-refractivity contribution in [3.63, 3.8) is 0 Å². The van der Waals surface area contributed by atoms with Crippen LogP contribution < -0.4 is 5.32 Å². The second kappa shape index (κ2) is 6.12. The maximum Gasteiger partial charge on any atom is 0.180 e. The van der Waals surface area contributed by atoms with Crippen LogP contribution in [0.1, 0.15) is 11.3 Å². The number of benzene rings is 1. The number of hydrogen-bond acceptors (Lipinski definition) is 4. The third-order valence-corrected chi connectivity index (χ3v) is 3.93. The summed E-state index contributed by atoms with van der Waals surface area (Å²) in [6.07, 6.45) is 7.51. The van der Waals surface area contributed by atoms with Gasteiger partial charge in [-0.25, -0.2) is 9.97 Å². The van der Waals surface area contributed by atoms with Gasteiger partial charge in [0.05, 0.1) is 5.69 Å². The average molecular weight is 315 g/mol. The lowest BCUT2D eigenvalue weighted by molar-refractivity contribution is 1.04. The molecule has 24 heavy (non-hydrogen) atoms. The fourth-order valence-electron chi connectivity index (χ4n) is 2.66. The van der Waals surface area contributed by atoms with E-state index in [0.29, 0.717) is 6.54 Å². The smallest absolute Gasteiger partial charge is 0.180 e. The Labute approximate surface area is 140 Å². The number of nitrogens with zero attached hydrogens (tertiary/aromatic N) is 4. The van der Waals surface area contributed by atoms with Gasteiger partial charge in [0, 0.05) is 42.6 Å². The Morgan fingerprint density at radius 3 is 2.71 bits per heavy atom. The van der Waals surface area contributed by atoms with E-state index >= 15 is 0 Å². The van der Waals surface area contributed by atoms with Crippen molar-refractivity contribution in [2.45, 2.75) is 13.5 Å². The standard InChI is InChI=1S/C19H17N5/c1-14-10-22-19-18(21-12-15-6-5-9-20-11-15)23-17(13-24(14)19)16-7-3-2-4-8-16/h2-11,13H,12H2,1H3,(H,21,23). The van der Waals surface area contributed by atoms with Crippen LogP contribution in [0.4, 0.5) is 5.82 Å². The van der Waals surface area contributed by atoms with Gasteiger partial charge in [-0.3, -0.25) is 9.38 Å². The average Bonchev–Trinajstić information content (AvgIpc) is 3.02. The molecule has 0 spiro atoms. The highest BCUT2D eigenvalue weighted by molar-refractivity contribution is 5.69. The van der Waals surface area contributed by atoms with Gasteiger partial charge in [0.15, 0.2) is 11.5 Å². The molecule has 4 rings (SSSR count). The number of aryl methyl sites for hydroxylation is 1. The van der Waals surface area contributed by atoms with Gasteiger partial charge >= 0.3 is 0 Å². The summed E-state index contributed by atoms with van der Waals surface area (Å²) < 4.78 is 2.07. The van der Waals surface area contributed by atoms with Crippen molar-refractivity contribution in [1.29, 1.82) is 0 Å². The van der Waals surface area contributed by atoms with Crippen molar-refractivity contribution >= 4 is 11.5 Å². The van der Waals surface area contributed by atoms with Crippen LogP contribution in [0.15, 0.2) is 67.3 Å². The molecule has 118 valence electrons. The van der Waals surface area contributed by atoms with Crippen LogP contribution in [-0.2, 0) is 6.54 Å². The molecule has 1 aromatic carbocycles. The molecule has 0 aliphatic rings. The minimum atomic E-state index is 0.653. The molecule has 0 aliphatic heterocycles. The van der Waals surface area contributed by atoms with Gasteiger partial charge in [0.25, 0.3) is 0 Å². The summed E-state index contributed by atoms with van der Waals surface area (Å²) in [5.41, 5.74) is 5.01. The molecule has 0 atom stereocenters. The van der Waals surface area contributed by atoms with Crippen molar-refractivity contribution in [2.75, 3.05) is 5.32 Å². The Bertz CT molecular complexity index is 961. The maximum absolute atomic E-state index is 4.78. The van der Waals surface area contributed by atoms with E-state index in [4.69, 9.17) is 4.98 Å². The molecular weight excluding hydrogens is 298 g/mol. The van der Waals surface area contributed by atoms with Gasteiger partial charge in [-0.15, -0.1) is 0 Å². The first-order chi connectivity index (χ1) is 11.8. The first-order valence-electron chi connectivity index (χ1n) is 7.84. The quantitative estimate of drug-likeness (QED) is 0.624. The van der Waals surface area contributed by atoms with E-state index < -0.39 is 0 Å². The molecule has 0 radical (unpaired) electrons. The van der Waals surface area contributed by atoms with Crippen LogP contribution in [0.3, 0.4) is 0 Å². The maximum atomic E-state index is 4.78. The second-order valence-corrected chi connectivity index (χ2v) is 5.65. The zero-order valence-corrected chi connectivity index (χ0v) is 13.3. The third kappa shape index (κ3) is 2.72. The van der Waals surface area contributed by atoms with E-state index in [1.807, 2.05) is 55.8 Å². The number of aromatic nitrogens is 4. The molecule has 3 heterocycles. The van der Waals surface area contributed by atoms with Crippen LogP contribution >= 0.6 is 0 Å². The summed E-state index contributed by atoms with van der Waals surface area (Å²) in [5, 5.41) is 3.39. The SMILES string of the molecule is Cc1cnc2c(NCc3cccnc3)nc(-c3ccccc3)cn12. The van der Waals surface area contributed by atoms with Gasteiger partial charge in [0.1, 0.15) is 0 Å². The van der Waals surface area contributed by atoms with E-state index in [9.17, 15) is 0 Å². The predicted molar refractivity (Wildman–Crippen MR) is 94.7 cm³/mol. The molecule has 0 amide bonds. The fourth-order valence-corrected chi connectivity index (χ4v) is 2.66. The summed E-state index contributed by atoms with van der Waals surface area (Å²) in [6.45, 7) is 2.69. The monoisotopic (exact) mass is 315 g/mol. The summed E-state index contributed by atoms with van der Waals surface area (Å²) >= 11 is 0. The lowest BCUT2D eigenvalue weighted by atomic mass is 10.2. The molecule has 3 aromatic heterocycles. The Morgan fingerprint density at radius 1 is 1.04 bits per heavy atom. The number of fused-ring (bicyclic) bond motifs is 1. The van der Waals surface area contributed by atoms with Crippen LogP contribution in [0.25, 0.3) is 16.9 Å². The molecule has 0 bridgehead atoms. The minimum absolute atomic E-state index is 0.653. The number of imidazole rings is 1. The topological polar surface area (TPSA) is 55.1 Å². The second-order valence-electron chi connectivity index (χ2n) is 5.65. The molecule has 0 aliphatic carbocycles. The Kier molecular flexibility index (Phi) is 3.67. The molecule has 5 heteroatoms. The molecule has 0 saturated heterocycles. The molecule has 1 N–H and O–H groups in total. The van der Waals surface area contributed by atoms with E-state index in [1.54, 1.807) is 6.20 Å². The molecule has 0 fully saturated rings. The van der Waals surface area contributed by atoms with Crippen molar-refractivity contribution in [2.24, 2.45) is 0 Å². The highest BCUT2D eigenvalue weighted by atomic mass is 15.1. The summed E-state index contributed by atoms with van der Waals surface area (Å²) in [7, 11) is 0. The minimum Gasteiger partial charge on any atom is -0.363 e. The van der Waals surface area contributed by atoms with Crippen molar-refractivity contribution in [3.05, 3.63) is 78.5 Å². The van der Waals surface area contributed by atoms with E-state index in [-0.39, 0.29) is 0 Å². The van der Waals surface area contributed by atoms with Gasteiger partial charge < -0.3 is 5.32 Å². The first kappa shape index (κ1) is 14.4. The summed E-state index contributed by atoms with van der Waals surface area (Å²) in [5.74, 6) is 0.772. The Morgan fingerprint density at radius 2 is 1.92 bits per heavy atom. The lowest BCUT2D eigenvalue weighted by Gasteiger charge is -2.10. The van der Waals surface area contributed by atoms with E-state index in [0.717, 1.165) is 34.0 Å². The highest BCUT2D eigenvalue weighted by Crippen LogP contribution is 2.23. The summed E-state index contributed by atoms with van der Waals surface area (Å²) in [6, 6.07) is 14.1. The van der Waals surface area contributed by atoms with E-state index in [1.165, 1.54) is 0 Å². The molecule has 0 saturated carbocycles. The van der Waals surface area contributed by atoms with Crippen LogP contribution in [0.2, 0.25) is 0 Å². The van der Waals surface area contributed by atoms with Gasteiger partial charge in [-0.2, -0.15) is 0 Å². The number of pyridine rings is 1. The molecular formula is C19H17N5.